The average molecular weight is 282 g/mol. The summed E-state index contributed by atoms with van der Waals surface area (Å²) < 4.78 is 40.7. The van der Waals surface area contributed by atoms with E-state index < -0.39 is 15.8 Å². The van der Waals surface area contributed by atoms with Crippen molar-refractivity contribution in [1.82, 2.24) is 4.98 Å². The highest BCUT2D eigenvalue weighted by molar-refractivity contribution is 7.89. The van der Waals surface area contributed by atoms with E-state index in [2.05, 4.69) is 4.98 Å². The molecular weight excluding hydrogens is 271 g/mol. The average Bonchev–Trinajstić information content (AvgIpc) is 2.33. The van der Waals surface area contributed by atoms with Crippen LogP contribution in [0.25, 0.3) is 0 Å². The molecule has 100 valence electrons. The first-order chi connectivity index (χ1) is 8.86. The van der Waals surface area contributed by atoms with Gasteiger partial charge in [0, 0.05) is 12.1 Å². The molecule has 0 spiro atoms. The van der Waals surface area contributed by atoms with Gasteiger partial charge in [0.25, 0.3) is 0 Å². The van der Waals surface area contributed by atoms with Gasteiger partial charge in [-0.15, -0.1) is 0 Å². The van der Waals surface area contributed by atoms with Gasteiger partial charge in [0.2, 0.25) is 15.9 Å². The Kier molecular flexibility index (Phi) is 3.50. The summed E-state index contributed by atoms with van der Waals surface area (Å²) in [4.78, 5) is 3.67. The molecular formula is C12H11FN2O3S. The highest BCUT2D eigenvalue weighted by atomic mass is 32.2. The summed E-state index contributed by atoms with van der Waals surface area (Å²) in [6.45, 7) is 1.64. The quantitative estimate of drug-likeness (QED) is 0.933. The van der Waals surface area contributed by atoms with Gasteiger partial charge >= 0.3 is 0 Å². The van der Waals surface area contributed by atoms with Crippen LogP contribution in [0.1, 0.15) is 5.56 Å². The van der Waals surface area contributed by atoms with E-state index in [4.69, 9.17) is 9.88 Å². The van der Waals surface area contributed by atoms with E-state index in [1.54, 1.807) is 19.1 Å². The molecule has 5 nitrogen and oxygen atoms in total. The lowest BCUT2D eigenvalue weighted by Crippen LogP contribution is -2.12. The molecule has 0 bridgehead atoms. The van der Waals surface area contributed by atoms with Crippen molar-refractivity contribution in [1.29, 1.82) is 0 Å². The molecule has 0 aliphatic heterocycles. The molecule has 0 aliphatic carbocycles. The Labute approximate surface area is 109 Å². The molecule has 0 saturated heterocycles. The summed E-state index contributed by atoms with van der Waals surface area (Å²) in [7, 11) is -3.78. The molecule has 0 radical (unpaired) electrons. The Morgan fingerprint density at radius 1 is 1.26 bits per heavy atom. The number of benzene rings is 1. The first-order valence-electron chi connectivity index (χ1n) is 5.29. The van der Waals surface area contributed by atoms with Gasteiger partial charge in [-0.2, -0.15) is 0 Å². The summed E-state index contributed by atoms with van der Waals surface area (Å²) >= 11 is 0. The number of nitrogens with zero attached hydrogens (tertiary/aromatic N) is 1. The topological polar surface area (TPSA) is 82.3 Å². The zero-order chi connectivity index (χ0) is 14.0. The fourth-order valence-corrected chi connectivity index (χ4v) is 1.81. The predicted molar refractivity (Wildman–Crippen MR) is 66.8 cm³/mol. The minimum atomic E-state index is -3.78. The molecule has 0 unspecified atom stereocenters. The molecule has 1 heterocycles. The van der Waals surface area contributed by atoms with Gasteiger partial charge in [-0.25, -0.2) is 22.9 Å². The van der Waals surface area contributed by atoms with Gasteiger partial charge in [-0.3, -0.25) is 0 Å². The number of rotatable bonds is 3. The first kappa shape index (κ1) is 13.4. The SMILES string of the molecule is Cc1ccc(Oc2ccc(S(N)(=O)=O)cn2)cc1F. The second-order valence-corrected chi connectivity index (χ2v) is 5.45. The molecule has 7 heteroatoms. The highest BCUT2D eigenvalue weighted by Gasteiger charge is 2.09. The third-order valence-corrected chi connectivity index (χ3v) is 3.30. The standard InChI is InChI=1S/C12H11FN2O3S/c1-8-2-3-9(6-11(8)13)18-12-5-4-10(7-15-12)19(14,16)17/h2-7H,1H3,(H2,14,16,17). The first-order valence-corrected chi connectivity index (χ1v) is 6.84. The third-order valence-electron chi connectivity index (χ3n) is 2.40. The van der Waals surface area contributed by atoms with Crippen molar-refractivity contribution in [2.45, 2.75) is 11.8 Å². The van der Waals surface area contributed by atoms with Crippen LogP contribution >= 0.6 is 0 Å². The van der Waals surface area contributed by atoms with Crippen LogP contribution < -0.4 is 9.88 Å². The maximum atomic E-state index is 13.3. The van der Waals surface area contributed by atoms with Gasteiger partial charge in [0.05, 0.1) is 6.20 Å². The monoisotopic (exact) mass is 282 g/mol. The van der Waals surface area contributed by atoms with Gasteiger partial charge in [0.1, 0.15) is 16.5 Å². The van der Waals surface area contributed by atoms with Gasteiger partial charge in [-0.1, -0.05) is 6.07 Å². The van der Waals surface area contributed by atoms with E-state index in [1.165, 1.54) is 18.2 Å². The molecule has 1 aromatic heterocycles. The molecule has 0 fully saturated rings. The molecule has 0 amide bonds. The van der Waals surface area contributed by atoms with Crippen molar-refractivity contribution < 1.29 is 17.5 Å². The molecule has 1 aromatic carbocycles. The number of nitrogens with two attached hydrogens (primary N) is 1. The van der Waals surface area contributed by atoms with Crippen LogP contribution in [0.2, 0.25) is 0 Å². The van der Waals surface area contributed by atoms with Crippen LogP contribution in [0.5, 0.6) is 11.6 Å². The maximum absolute atomic E-state index is 13.3. The van der Waals surface area contributed by atoms with E-state index in [9.17, 15) is 12.8 Å². The molecule has 0 atom stereocenters. The number of sulfonamides is 1. The number of primary sulfonamides is 1. The van der Waals surface area contributed by atoms with Crippen molar-refractivity contribution in [2.75, 3.05) is 0 Å². The van der Waals surface area contributed by atoms with Crippen molar-refractivity contribution in [3.63, 3.8) is 0 Å². The Balaban J connectivity index is 2.22. The molecule has 2 N–H and O–H groups in total. The van der Waals surface area contributed by atoms with Crippen molar-refractivity contribution in [3.05, 3.63) is 47.9 Å². The Morgan fingerprint density at radius 3 is 2.53 bits per heavy atom. The molecule has 2 rings (SSSR count). The minimum absolute atomic E-state index is 0.116. The maximum Gasteiger partial charge on any atom is 0.239 e. The van der Waals surface area contributed by atoms with Gasteiger partial charge in [-0.05, 0) is 24.6 Å². The Hall–Kier alpha value is -1.99. The van der Waals surface area contributed by atoms with Crippen LogP contribution in [0, 0.1) is 12.7 Å². The summed E-state index contributed by atoms with van der Waals surface area (Å²) in [5.41, 5.74) is 0.505. The highest BCUT2D eigenvalue weighted by Crippen LogP contribution is 2.22. The van der Waals surface area contributed by atoms with Crippen LogP contribution in [-0.2, 0) is 10.0 Å². The number of halogens is 1. The smallest absolute Gasteiger partial charge is 0.239 e. The van der Waals surface area contributed by atoms with Crippen molar-refractivity contribution in [2.24, 2.45) is 5.14 Å². The molecule has 19 heavy (non-hydrogen) atoms. The number of aryl methyl sites for hydroxylation is 1. The van der Waals surface area contributed by atoms with E-state index in [0.717, 1.165) is 6.20 Å². The number of pyridine rings is 1. The summed E-state index contributed by atoms with van der Waals surface area (Å²) in [5.74, 6) is 0.0354. The second-order valence-electron chi connectivity index (χ2n) is 3.89. The van der Waals surface area contributed by atoms with Crippen molar-refractivity contribution >= 4 is 10.0 Å². The summed E-state index contributed by atoms with van der Waals surface area (Å²) in [6, 6.07) is 7.00. The summed E-state index contributed by atoms with van der Waals surface area (Å²) in [5, 5.41) is 4.94. The largest absolute Gasteiger partial charge is 0.439 e. The molecule has 0 aliphatic rings. The third kappa shape index (κ3) is 3.27. The zero-order valence-electron chi connectivity index (χ0n) is 10.00. The fraction of sp³-hybridized carbons (Fsp3) is 0.0833. The number of hydrogen-bond donors (Lipinski definition) is 1. The minimum Gasteiger partial charge on any atom is -0.439 e. The van der Waals surface area contributed by atoms with E-state index in [0.29, 0.717) is 5.56 Å². The Morgan fingerprint density at radius 2 is 2.00 bits per heavy atom. The number of hydrogen-bond acceptors (Lipinski definition) is 4. The zero-order valence-corrected chi connectivity index (χ0v) is 10.8. The van der Waals surface area contributed by atoms with Crippen LogP contribution in [0.4, 0.5) is 4.39 Å². The molecule has 2 aromatic rings. The van der Waals surface area contributed by atoms with E-state index >= 15 is 0 Å². The lowest BCUT2D eigenvalue weighted by Gasteiger charge is -2.06. The van der Waals surface area contributed by atoms with Gasteiger partial charge < -0.3 is 4.74 Å². The summed E-state index contributed by atoms with van der Waals surface area (Å²) in [6.07, 6.45) is 1.08. The van der Waals surface area contributed by atoms with E-state index in [-0.39, 0.29) is 16.5 Å². The second kappa shape index (κ2) is 4.94. The lowest BCUT2D eigenvalue weighted by atomic mass is 10.2. The normalized spacial score (nSPS) is 11.3. The van der Waals surface area contributed by atoms with Crippen LogP contribution in [0.3, 0.4) is 0 Å². The fourth-order valence-electron chi connectivity index (χ4n) is 1.35. The van der Waals surface area contributed by atoms with Crippen LogP contribution in [0.15, 0.2) is 41.4 Å². The predicted octanol–water partition coefficient (Wildman–Crippen LogP) is 1.97. The van der Waals surface area contributed by atoms with Gasteiger partial charge in [0.15, 0.2) is 0 Å². The number of aromatic nitrogens is 1. The number of ether oxygens (including phenoxy) is 1. The van der Waals surface area contributed by atoms with Crippen molar-refractivity contribution in [3.8, 4) is 11.6 Å². The molecule has 0 saturated carbocycles. The Bertz CT molecular complexity index is 699. The lowest BCUT2D eigenvalue weighted by molar-refractivity contribution is 0.456. The van der Waals surface area contributed by atoms with E-state index in [1.807, 2.05) is 0 Å². The van der Waals surface area contributed by atoms with Crippen LogP contribution in [-0.4, -0.2) is 13.4 Å².